The number of hydrogen-bond donors (Lipinski definition) is 1. The first-order valence-electron chi connectivity index (χ1n) is 3.51. The van der Waals surface area contributed by atoms with E-state index >= 15 is 0 Å². The molecular weight excluding hydrogens is 164 g/mol. The molecule has 1 rings (SSSR count). The molecular formula is C7H11ClN2O. The molecule has 0 unspecified atom stereocenters. The summed E-state index contributed by atoms with van der Waals surface area (Å²) >= 11 is 5.70. The molecule has 0 aromatic carbocycles. The Morgan fingerprint density at radius 1 is 1.73 bits per heavy atom. The quantitative estimate of drug-likeness (QED) is 0.744. The molecule has 0 aliphatic carbocycles. The van der Waals surface area contributed by atoms with Crippen LogP contribution in [0.25, 0.3) is 0 Å². The Morgan fingerprint density at radius 2 is 2.36 bits per heavy atom. The van der Waals surface area contributed by atoms with E-state index in [0.717, 1.165) is 6.54 Å². The number of hydrogen-bond acceptors (Lipinski definition) is 2. The highest BCUT2D eigenvalue weighted by atomic mass is 35.5. The molecule has 62 valence electrons. The van der Waals surface area contributed by atoms with Crippen molar-refractivity contribution < 1.29 is 5.11 Å². The Labute approximate surface area is 70.6 Å². The van der Waals surface area contributed by atoms with Gasteiger partial charge in [0.15, 0.2) is 10.9 Å². The normalized spacial score (nSPS) is 10.9. The standard InChI is InChI=1S/C7H11ClN2O/c1-5(2)4-10-7(8)6(11)3-9-10/h3,5,11H,4H2,1-2H3. The van der Waals surface area contributed by atoms with Gasteiger partial charge in [-0.1, -0.05) is 25.4 Å². The van der Waals surface area contributed by atoms with Gasteiger partial charge < -0.3 is 5.11 Å². The molecule has 0 aliphatic rings. The Balaban J connectivity index is 2.79. The van der Waals surface area contributed by atoms with Crippen LogP contribution < -0.4 is 0 Å². The van der Waals surface area contributed by atoms with Gasteiger partial charge >= 0.3 is 0 Å². The molecule has 11 heavy (non-hydrogen) atoms. The molecule has 0 aliphatic heterocycles. The van der Waals surface area contributed by atoms with Crippen LogP contribution in [0.4, 0.5) is 0 Å². The molecule has 1 N–H and O–H groups in total. The van der Waals surface area contributed by atoms with Gasteiger partial charge in [-0.05, 0) is 5.92 Å². The van der Waals surface area contributed by atoms with Crippen LogP contribution in [0.15, 0.2) is 6.20 Å². The van der Waals surface area contributed by atoms with Crippen LogP contribution in [0.5, 0.6) is 5.75 Å². The first kappa shape index (κ1) is 8.40. The van der Waals surface area contributed by atoms with Crippen molar-refractivity contribution in [3.63, 3.8) is 0 Å². The molecule has 0 saturated carbocycles. The fourth-order valence-corrected chi connectivity index (χ4v) is 0.995. The zero-order valence-electron chi connectivity index (χ0n) is 6.58. The second kappa shape index (κ2) is 3.13. The third-order valence-electron chi connectivity index (χ3n) is 1.30. The van der Waals surface area contributed by atoms with Gasteiger partial charge in [0.05, 0.1) is 6.20 Å². The van der Waals surface area contributed by atoms with E-state index in [4.69, 9.17) is 16.7 Å². The number of nitrogens with zero attached hydrogens (tertiary/aromatic N) is 2. The van der Waals surface area contributed by atoms with E-state index in [0.29, 0.717) is 11.1 Å². The number of aromatic nitrogens is 2. The van der Waals surface area contributed by atoms with Crippen LogP contribution in [0, 0.1) is 5.92 Å². The summed E-state index contributed by atoms with van der Waals surface area (Å²) < 4.78 is 1.58. The average molecular weight is 175 g/mol. The Bertz CT molecular complexity index is 245. The molecule has 0 fully saturated rings. The molecule has 0 saturated heterocycles. The minimum atomic E-state index is 0.0484. The van der Waals surface area contributed by atoms with Crippen LogP contribution in [0.2, 0.25) is 5.15 Å². The minimum absolute atomic E-state index is 0.0484. The fraction of sp³-hybridized carbons (Fsp3) is 0.571. The van der Waals surface area contributed by atoms with Crippen molar-refractivity contribution in [2.24, 2.45) is 5.92 Å². The number of halogens is 1. The SMILES string of the molecule is CC(C)Cn1ncc(O)c1Cl. The van der Waals surface area contributed by atoms with Crippen molar-refractivity contribution in [1.29, 1.82) is 0 Å². The van der Waals surface area contributed by atoms with Crippen molar-refractivity contribution in [3.8, 4) is 5.75 Å². The molecule has 4 heteroatoms. The van der Waals surface area contributed by atoms with Gasteiger partial charge in [-0.3, -0.25) is 4.68 Å². The summed E-state index contributed by atoms with van der Waals surface area (Å²) in [5, 5.41) is 13.2. The highest BCUT2D eigenvalue weighted by Crippen LogP contribution is 2.22. The van der Waals surface area contributed by atoms with E-state index < -0.39 is 0 Å². The lowest BCUT2D eigenvalue weighted by Gasteiger charge is -2.04. The molecule has 1 aromatic rings. The molecule has 3 nitrogen and oxygen atoms in total. The lowest BCUT2D eigenvalue weighted by atomic mass is 10.2. The summed E-state index contributed by atoms with van der Waals surface area (Å²) in [4.78, 5) is 0. The third-order valence-corrected chi connectivity index (χ3v) is 1.68. The van der Waals surface area contributed by atoms with Crippen LogP contribution in [0.1, 0.15) is 13.8 Å². The van der Waals surface area contributed by atoms with Gasteiger partial charge in [-0.25, -0.2) is 0 Å². The first-order valence-corrected chi connectivity index (χ1v) is 3.89. The maximum absolute atomic E-state index is 9.04. The lowest BCUT2D eigenvalue weighted by molar-refractivity contribution is 0.463. The molecule has 0 bridgehead atoms. The summed E-state index contributed by atoms with van der Waals surface area (Å²) in [7, 11) is 0. The monoisotopic (exact) mass is 174 g/mol. The van der Waals surface area contributed by atoms with E-state index in [9.17, 15) is 0 Å². The molecule has 1 heterocycles. The predicted octanol–water partition coefficient (Wildman–Crippen LogP) is 1.90. The topological polar surface area (TPSA) is 38.0 Å². The fourth-order valence-electron chi connectivity index (χ4n) is 0.834. The zero-order chi connectivity index (χ0) is 8.43. The van der Waals surface area contributed by atoms with Crippen molar-refractivity contribution in [3.05, 3.63) is 11.3 Å². The lowest BCUT2D eigenvalue weighted by Crippen LogP contribution is -2.05. The maximum Gasteiger partial charge on any atom is 0.172 e. The van der Waals surface area contributed by atoms with Gasteiger partial charge in [0, 0.05) is 6.54 Å². The molecule has 1 aromatic heterocycles. The maximum atomic E-state index is 9.04. The predicted molar refractivity (Wildman–Crippen MR) is 43.7 cm³/mol. The Hall–Kier alpha value is -0.700. The second-order valence-corrected chi connectivity index (χ2v) is 3.25. The van der Waals surface area contributed by atoms with Crippen molar-refractivity contribution in [1.82, 2.24) is 9.78 Å². The van der Waals surface area contributed by atoms with Gasteiger partial charge in [0.1, 0.15) is 0 Å². The van der Waals surface area contributed by atoms with Gasteiger partial charge in [-0.2, -0.15) is 5.10 Å². The second-order valence-electron chi connectivity index (χ2n) is 2.90. The van der Waals surface area contributed by atoms with Gasteiger partial charge in [-0.15, -0.1) is 0 Å². The highest BCUT2D eigenvalue weighted by Gasteiger charge is 2.06. The van der Waals surface area contributed by atoms with Crippen LogP contribution in [-0.4, -0.2) is 14.9 Å². The smallest absolute Gasteiger partial charge is 0.172 e. The third kappa shape index (κ3) is 1.87. The summed E-state index contributed by atoms with van der Waals surface area (Å²) in [5.74, 6) is 0.527. The largest absolute Gasteiger partial charge is 0.504 e. The minimum Gasteiger partial charge on any atom is -0.504 e. The van der Waals surface area contributed by atoms with E-state index in [1.54, 1.807) is 4.68 Å². The van der Waals surface area contributed by atoms with E-state index in [1.807, 2.05) is 0 Å². The summed E-state index contributed by atoms with van der Waals surface area (Å²) in [6.07, 6.45) is 1.35. The Kier molecular flexibility index (Phi) is 2.39. The van der Waals surface area contributed by atoms with Gasteiger partial charge in [0.25, 0.3) is 0 Å². The molecule has 0 amide bonds. The summed E-state index contributed by atoms with van der Waals surface area (Å²) in [6, 6.07) is 0. The van der Waals surface area contributed by atoms with E-state index in [-0.39, 0.29) is 5.75 Å². The van der Waals surface area contributed by atoms with E-state index in [1.165, 1.54) is 6.20 Å². The molecule has 0 atom stereocenters. The molecule has 0 radical (unpaired) electrons. The highest BCUT2D eigenvalue weighted by molar-refractivity contribution is 6.30. The van der Waals surface area contributed by atoms with Crippen LogP contribution in [-0.2, 0) is 6.54 Å². The van der Waals surface area contributed by atoms with Crippen LogP contribution >= 0.6 is 11.6 Å². The summed E-state index contributed by atoms with van der Waals surface area (Å²) in [6.45, 7) is 4.86. The van der Waals surface area contributed by atoms with Gasteiger partial charge in [0.2, 0.25) is 0 Å². The van der Waals surface area contributed by atoms with E-state index in [2.05, 4.69) is 18.9 Å². The first-order chi connectivity index (χ1) is 5.11. The molecule has 0 spiro atoms. The van der Waals surface area contributed by atoms with Crippen molar-refractivity contribution in [2.75, 3.05) is 0 Å². The number of aromatic hydroxyl groups is 1. The zero-order valence-corrected chi connectivity index (χ0v) is 7.34. The van der Waals surface area contributed by atoms with Crippen molar-refractivity contribution in [2.45, 2.75) is 20.4 Å². The van der Waals surface area contributed by atoms with Crippen LogP contribution in [0.3, 0.4) is 0 Å². The Morgan fingerprint density at radius 3 is 2.73 bits per heavy atom. The van der Waals surface area contributed by atoms with Crippen molar-refractivity contribution >= 4 is 11.6 Å². The number of rotatable bonds is 2. The summed E-state index contributed by atoms with van der Waals surface area (Å²) in [5.41, 5.74) is 0. The average Bonchev–Trinajstić information content (AvgIpc) is 2.18.